The highest BCUT2D eigenvalue weighted by Gasteiger charge is 2.17. The van der Waals surface area contributed by atoms with Crippen molar-refractivity contribution in [1.82, 2.24) is 0 Å². The highest BCUT2D eigenvalue weighted by molar-refractivity contribution is 9.10. The molecule has 0 amide bonds. The van der Waals surface area contributed by atoms with E-state index in [2.05, 4.69) is 15.9 Å². The molecule has 1 aromatic rings. The van der Waals surface area contributed by atoms with Crippen molar-refractivity contribution in [3.8, 4) is 0 Å². The predicted octanol–water partition coefficient (Wildman–Crippen LogP) is 3.75. The SMILES string of the molecule is Cc1cc(C(O)CCC2CCCO2)ccc1Br. The standard InChI is InChI=1S/C14H19BrO2/c1-10-9-11(4-6-13(10)15)14(16)7-5-12-3-2-8-17-12/h4,6,9,12,14,16H,2-3,5,7-8H2,1H3. The Morgan fingerprint density at radius 2 is 2.35 bits per heavy atom. The highest BCUT2D eigenvalue weighted by atomic mass is 79.9. The summed E-state index contributed by atoms with van der Waals surface area (Å²) in [6, 6.07) is 6.03. The molecule has 3 heteroatoms. The number of halogens is 1. The van der Waals surface area contributed by atoms with Gasteiger partial charge in [-0.1, -0.05) is 28.1 Å². The van der Waals surface area contributed by atoms with E-state index in [0.29, 0.717) is 6.10 Å². The normalized spacial score (nSPS) is 21.7. The fourth-order valence-electron chi connectivity index (χ4n) is 2.26. The van der Waals surface area contributed by atoms with Crippen LogP contribution in [0.4, 0.5) is 0 Å². The van der Waals surface area contributed by atoms with Crippen LogP contribution in [0.2, 0.25) is 0 Å². The second-order valence-corrected chi connectivity index (χ2v) is 5.59. The van der Waals surface area contributed by atoms with Gasteiger partial charge in [-0.2, -0.15) is 0 Å². The zero-order valence-corrected chi connectivity index (χ0v) is 11.7. The van der Waals surface area contributed by atoms with E-state index in [4.69, 9.17) is 4.74 Å². The quantitative estimate of drug-likeness (QED) is 0.917. The van der Waals surface area contributed by atoms with Crippen LogP contribution in [0.1, 0.15) is 42.9 Å². The highest BCUT2D eigenvalue weighted by Crippen LogP contribution is 2.26. The molecule has 1 heterocycles. The summed E-state index contributed by atoms with van der Waals surface area (Å²) in [5.41, 5.74) is 2.17. The van der Waals surface area contributed by atoms with Crippen LogP contribution in [-0.2, 0) is 4.74 Å². The second-order valence-electron chi connectivity index (χ2n) is 4.74. The van der Waals surface area contributed by atoms with Crippen LogP contribution in [-0.4, -0.2) is 17.8 Å². The first-order valence-corrected chi connectivity index (χ1v) is 7.02. The Morgan fingerprint density at radius 1 is 1.53 bits per heavy atom. The van der Waals surface area contributed by atoms with Crippen LogP contribution in [0, 0.1) is 6.92 Å². The summed E-state index contributed by atoms with van der Waals surface area (Å²) in [7, 11) is 0. The van der Waals surface area contributed by atoms with Crippen LogP contribution in [0.15, 0.2) is 22.7 Å². The third kappa shape index (κ3) is 3.54. The van der Waals surface area contributed by atoms with E-state index < -0.39 is 0 Å². The molecule has 2 atom stereocenters. The molecule has 1 N–H and O–H groups in total. The molecular weight excluding hydrogens is 280 g/mol. The van der Waals surface area contributed by atoms with E-state index in [-0.39, 0.29) is 6.10 Å². The molecule has 1 saturated heterocycles. The van der Waals surface area contributed by atoms with E-state index >= 15 is 0 Å². The molecule has 1 fully saturated rings. The van der Waals surface area contributed by atoms with Crippen molar-refractivity contribution in [2.24, 2.45) is 0 Å². The van der Waals surface area contributed by atoms with Gasteiger partial charge in [0.2, 0.25) is 0 Å². The maximum atomic E-state index is 10.1. The zero-order chi connectivity index (χ0) is 12.3. The van der Waals surface area contributed by atoms with Gasteiger partial charge in [0.05, 0.1) is 12.2 Å². The van der Waals surface area contributed by atoms with E-state index in [1.807, 2.05) is 25.1 Å². The van der Waals surface area contributed by atoms with Gasteiger partial charge < -0.3 is 9.84 Å². The van der Waals surface area contributed by atoms with Crippen LogP contribution in [0.5, 0.6) is 0 Å². The smallest absolute Gasteiger partial charge is 0.0791 e. The summed E-state index contributed by atoms with van der Waals surface area (Å²) in [6.45, 7) is 2.93. The maximum Gasteiger partial charge on any atom is 0.0791 e. The third-order valence-electron chi connectivity index (χ3n) is 3.35. The third-order valence-corrected chi connectivity index (χ3v) is 4.24. The monoisotopic (exact) mass is 298 g/mol. The van der Waals surface area contributed by atoms with Crippen molar-refractivity contribution in [1.29, 1.82) is 0 Å². The molecule has 94 valence electrons. The number of aliphatic hydroxyl groups is 1. The summed E-state index contributed by atoms with van der Waals surface area (Å²) in [5, 5.41) is 10.1. The van der Waals surface area contributed by atoms with Gasteiger partial charge >= 0.3 is 0 Å². The number of hydrogen-bond acceptors (Lipinski definition) is 2. The van der Waals surface area contributed by atoms with Crippen molar-refractivity contribution in [3.63, 3.8) is 0 Å². The van der Waals surface area contributed by atoms with Crippen molar-refractivity contribution in [2.45, 2.75) is 44.8 Å². The molecule has 0 aliphatic carbocycles. The molecule has 2 nitrogen and oxygen atoms in total. The van der Waals surface area contributed by atoms with Crippen molar-refractivity contribution < 1.29 is 9.84 Å². The molecule has 1 aromatic carbocycles. The van der Waals surface area contributed by atoms with Crippen molar-refractivity contribution in [2.75, 3.05) is 6.61 Å². The second kappa shape index (κ2) is 5.98. The first-order chi connectivity index (χ1) is 8.16. The van der Waals surface area contributed by atoms with Crippen LogP contribution >= 0.6 is 15.9 Å². The molecular formula is C14H19BrO2. The predicted molar refractivity (Wildman–Crippen MR) is 72.0 cm³/mol. The van der Waals surface area contributed by atoms with Crippen LogP contribution < -0.4 is 0 Å². The first kappa shape index (κ1) is 13.1. The Kier molecular flexibility index (Phi) is 4.60. The van der Waals surface area contributed by atoms with Gasteiger partial charge in [0.25, 0.3) is 0 Å². The van der Waals surface area contributed by atoms with Crippen LogP contribution in [0.25, 0.3) is 0 Å². The Hall–Kier alpha value is -0.380. The Morgan fingerprint density at radius 3 is 3.00 bits per heavy atom. The van der Waals surface area contributed by atoms with Crippen LogP contribution in [0.3, 0.4) is 0 Å². The van der Waals surface area contributed by atoms with Gasteiger partial charge in [0.1, 0.15) is 0 Å². The average molecular weight is 299 g/mol. The average Bonchev–Trinajstić information content (AvgIpc) is 2.82. The Balaban J connectivity index is 1.89. The molecule has 1 aliphatic rings. The summed E-state index contributed by atoms with van der Waals surface area (Å²) in [4.78, 5) is 0. The number of benzene rings is 1. The number of aliphatic hydroxyl groups excluding tert-OH is 1. The number of rotatable bonds is 4. The van der Waals surface area contributed by atoms with Crippen molar-refractivity contribution in [3.05, 3.63) is 33.8 Å². The number of ether oxygens (including phenoxy) is 1. The molecule has 1 aliphatic heterocycles. The molecule has 2 unspecified atom stereocenters. The van der Waals surface area contributed by atoms with E-state index in [0.717, 1.165) is 42.3 Å². The maximum absolute atomic E-state index is 10.1. The fourth-order valence-corrected chi connectivity index (χ4v) is 2.50. The van der Waals surface area contributed by atoms with Gasteiger partial charge in [0, 0.05) is 11.1 Å². The lowest BCUT2D eigenvalue weighted by Gasteiger charge is -2.15. The van der Waals surface area contributed by atoms with Crippen molar-refractivity contribution >= 4 is 15.9 Å². The minimum Gasteiger partial charge on any atom is -0.388 e. The number of hydrogen-bond donors (Lipinski definition) is 1. The van der Waals surface area contributed by atoms with Gasteiger partial charge in [-0.25, -0.2) is 0 Å². The lowest BCUT2D eigenvalue weighted by Crippen LogP contribution is -2.08. The first-order valence-electron chi connectivity index (χ1n) is 6.22. The van der Waals surface area contributed by atoms with Gasteiger partial charge in [0.15, 0.2) is 0 Å². The fraction of sp³-hybridized carbons (Fsp3) is 0.571. The molecule has 0 spiro atoms. The summed E-state index contributed by atoms with van der Waals surface area (Å²) in [6.07, 6.45) is 4.04. The minimum absolute atomic E-state index is 0.362. The topological polar surface area (TPSA) is 29.5 Å². The largest absolute Gasteiger partial charge is 0.388 e. The lowest BCUT2D eigenvalue weighted by molar-refractivity contribution is 0.0812. The molecule has 0 aromatic heterocycles. The minimum atomic E-state index is -0.369. The summed E-state index contributed by atoms with van der Waals surface area (Å²) >= 11 is 3.47. The molecule has 0 saturated carbocycles. The van der Waals surface area contributed by atoms with Gasteiger partial charge in [-0.05, 0) is 49.8 Å². The lowest BCUT2D eigenvalue weighted by atomic mass is 10.0. The number of aryl methyl sites for hydroxylation is 1. The van der Waals surface area contributed by atoms with E-state index in [1.165, 1.54) is 5.56 Å². The Bertz CT molecular complexity index is 372. The molecule has 0 radical (unpaired) electrons. The van der Waals surface area contributed by atoms with E-state index in [1.54, 1.807) is 0 Å². The molecule has 2 rings (SSSR count). The van der Waals surface area contributed by atoms with E-state index in [9.17, 15) is 5.11 Å². The van der Waals surface area contributed by atoms with Gasteiger partial charge in [-0.3, -0.25) is 0 Å². The summed E-state index contributed by atoms with van der Waals surface area (Å²) in [5.74, 6) is 0. The molecule has 17 heavy (non-hydrogen) atoms. The molecule has 0 bridgehead atoms. The Labute approximate surface area is 111 Å². The van der Waals surface area contributed by atoms with Gasteiger partial charge in [-0.15, -0.1) is 0 Å². The zero-order valence-electron chi connectivity index (χ0n) is 10.2. The summed E-state index contributed by atoms with van der Waals surface area (Å²) < 4.78 is 6.65.